The van der Waals surface area contributed by atoms with Gasteiger partial charge >= 0.3 is 18.1 Å². The van der Waals surface area contributed by atoms with Crippen molar-refractivity contribution >= 4 is 18.1 Å². The largest absolute Gasteiger partial charge is 0.513 e. The van der Waals surface area contributed by atoms with E-state index in [2.05, 4.69) is 9.47 Å². The molecule has 7 nitrogen and oxygen atoms in total. The smallest absolute Gasteiger partial charge is 0.477 e. The van der Waals surface area contributed by atoms with Crippen LogP contribution in [-0.2, 0) is 23.8 Å². The van der Waals surface area contributed by atoms with Crippen molar-refractivity contribution in [2.45, 2.75) is 33.3 Å². The van der Waals surface area contributed by atoms with Crippen LogP contribution in [0.15, 0.2) is 11.8 Å². The molecule has 0 saturated heterocycles. The van der Waals surface area contributed by atoms with Crippen molar-refractivity contribution in [1.82, 2.24) is 0 Å². The molecule has 0 aliphatic carbocycles. The number of aliphatic carboxylic acids is 1. The molecule has 1 unspecified atom stereocenters. The quantitative estimate of drug-likeness (QED) is 0.254. The lowest BCUT2D eigenvalue weighted by Gasteiger charge is -2.10. The molecule has 18 heavy (non-hydrogen) atoms. The summed E-state index contributed by atoms with van der Waals surface area (Å²) in [5.41, 5.74) is -0.775. The first-order valence-corrected chi connectivity index (χ1v) is 5.40. The third-order valence-corrected chi connectivity index (χ3v) is 1.87. The second-order valence-electron chi connectivity index (χ2n) is 3.26. The maximum absolute atomic E-state index is 11.4. The van der Waals surface area contributed by atoms with E-state index in [4.69, 9.17) is 9.84 Å². The summed E-state index contributed by atoms with van der Waals surface area (Å²) in [4.78, 5) is 33.0. The maximum Gasteiger partial charge on any atom is 0.513 e. The Labute approximate surface area is 104 Å². The molecule has 0 bridgehead atoms. The van der Waals surface area contributed by atoms with Crippen LogP contribution in [0, 0.1) is 0 Å². The van der Waals surface area contributed by atoms with Gasteiger partial charge in [0, 0.05) is 0 Å². The minimum absolute atomic E-state index is 0.0758. The number of carbonyl (C=O) groups is 3. The summed E-state index contributed by atoms with van der Waals surface area (Å²) in [6.07, 6.45) is -0.474. The van der Waals surface area contributed by atoms with Crippen molar-refractivity contribution in [3.63, 3.8) is 0 Å². The Kier molecular flexibility index (Phi) is 7.18. The third kappa shape index (κ3) is 5.88. The van der Waals surface area contributed by atoms with Crippen LogP contribution < -0.4 is 0 Å². The van der Waals surface area contributed by atoms with Crippen LogP contribution in [0.1, 0.15) is 27.2 Å². The molecular weight excluding hydrogens is 244 g/mol. The van der Waals surface area contributed by atoms with Gasteiger partial charge in [0.2, 0.25) is 0 Å². The zero-order valence-corrected chi connectivity index (χ0v) is 10.5. The van der Waals surface area contributed by atoms with Gasteiger partial charge < -0.3 is 19.3 Å². The summed E-state index contributed by atoms with van der Waals surface area (Å²) in [6, 6.07) is 0. The standard InChI is InChI=1S/C11H16O7/c1-4-7(3)18-10(14)8(9(12)13)6-17-11(15)16-5-2/h6-7H,4-5H2,1-3H3,(H,12,13). The van der Waals surface area contributed by atoms with Crippen molar-refractivity contribution in [2.24, 2.45) is 0 Å². The van der Waals surface area contributed by atoms with E-state index in [1.54, 1.807) is 20.8 Å². The van der Waals surface area contributed by atoms with Gasteiger partial charge in [-0.15, -0.1) is 0 Å². The average molecular weight is 260 g/mol. The summed E-state index contributed by atoms with van der Waals surface area (Å²) in [6.45, 7) is 5.02. The van der Waals surface area contributed by atoms with Gasteiger partial charge in [0.15, 0.2) is 5.57 Å². The summed E-state index contributed by atoms with van der Waals surface area (Å²) < 4.78 is 13.5. The summed E-state index contributed by atoms with van der Waals surface area (Å²) >= 11 is 0. The normalized spacial score (nSPS) is 12.5. The van der Waals surface area contributed by atoms with Gasteiger partial charge in [0.25, 0.3) is 0 Å². The Morgan fingerprint density at radius 2 is 1.89 bits per heavy atom. The predicted molar refractivity (Wildman–Crippen MR) is 59.7 cm³/mol. The van der Waals surface area contributed by atoms with Crippen molar-refractivity contribution in [3.05, 3.63) is 11.8 Å². The highest BCUT2D eigenvalue weighted by Gasteiger charge is 2.22. The van der Waals surface area contributed by atoms with E-state index >= 15 is 0 Å². The van der Waals surface area contributed by atoms with Crippen LogP contribution in [-0.4, -0.2) is 35.9 Å². The molecule has 1 atom stereocenters. The van der Waals surface area contributed by atoms with Crippen molar-refractivity contribution < 1.29 is 33.7 Å². The Balaban J connectivity index is 4.65. The van der Waals surface area contributed by atoms with Crippen LogP contribution >= 0.6 is 0 Å². The van der Waals surface area contributed by atoms with Crippen LogP contribution in [0.4, 0.5) is 4.79 Å². The molecule has 0 aliphatic heterocycles. The zero-order chi connectivity index (χ0) is 14.1. The van der Waals surface area contributed by atoms with Gasteiger partial charge in [0.05, 0.1) is 12.7 Å². The third-order valence-electron chi connectivity index (χ3n) is 1.87. The number of esters is 1. The van der Waals surface area contributed by atoms with Gasteiger partial charge in [0.1, 0.15) is 6.26 Å². The molecule has 0 amide bonds. The molecule has 0 radical (unpaired) electrons. The molecule has 1 N–H and O–H groups in total. The number of rotatable bonds is 6. The lowest BCUT2D eigenvalue weighted by molar-refractivity contribution is -0.147. The van der Waals surface area contributed by atoms with Gasteiger partial charge in [-0.1, -0.05) is 6.92 Å². The van der Waals surface area contributed by atoms with E-state index < -0.39 is 29.8 Å². The number of hydrogen-bond acceptors (Lipinski definition) is 6. The van der Waals surface area contributed by atoms with E-state index in [-0.39, 0.29) is 6.61 Å². The minimum Gasteiger partial charge on any atom is -0.477 e. The minimum atomic E-state index is -1.55. The number of carboxylic acids is 1. The fourth-order valence-corrected chi connectivity index (χ4v) is 0.774. The van der Waals surface area contributed by atoms with Crippen LogP contribution in [0.25, 0.3) is 0 Å². The zero-order valence-electron chi connectivity index (χ0n) is 10.5. The first-order chi connectivity index (χ1) is 8.42. The Hall–Kier alpha value is -2.05. The predicted octanol–water partition coefficient (Wildman–Crippen LogP) is 1.47. The fourth-order valence-electron chi connectivity index (χ4n) is 0.774. The lowest BCUT2D eigenvalue weighted by Crippen LogP contribution is -2.21. The Morgan fingerprint density at radius 3 is 2.33 bits per heavy atom. The van der Waals surface area contributed by atoms with Crippen LogP contribution in [0.2, 0.25) is 0 Å². The average Bonchev–Trinajstić information content (AvgIpc) is 2.28. The van der Waals surface area contributed by atoms with Crippen LogP contribution in [0.5, 0.6) is 0 Å². The maximum atomic E-state index is 11.4. The number of carboxylic acid groups (broad SMARTS) is 1. The Bertz CT molecular complexity index is 345. The lowest BCUT2D eigenvalue weighted by atomic mass is 10.3. The van der Waals surface area contributed by atoms with E-state index in [0.29, 0.717) is 12.7 Å². The summed E-state index contributed by atoms with van der Waals surface area (Å²) in [5.74, 6) is -2.62. The van der Waals surface area contributed by atoms with Gasteiger partial charge in [-0.2, -0.15) is 0 Å². The van der Waals surface area contributed by atoms with E-state index in [1.165, 1.54) is 0 Å². The Morgan fingerprint density at radius 1 is 1.28 bits per heavy atom. The molecule has 0 aliphatic rings. The van der Waals surface area contributed by atoms with Gasteiger partial charge in [-0.25, -0.2) is 14.4 Å². The number of hydrogen-bond donors (Lipinski definition) is 1. The molecule has 0 fully saturated rings. The second kappa shape index (κ2) is 8.10. The highest BCUT2D eigenvalue weighted by atomic mass is 16.7. The molecule has 0 spiro atoms. The van der Waals surface area contributed by atoms with Crippen molar-refractivity contribution in [3.8, 4) is 0 Å². The highest BCUT2D eigenvalue weighted by Crippen LogP contribution is 2.05. The molecular formula is C11H16O7. The first kappa shape index (κ1) is 16.0. The second-order valence-corrected chi connectivity index (χ2v) is 3.26. The van der Waals surface area contributed by atoms with E-state index in [0.717, 1.165) is 0 Å². The van der Waals surface area contributed by atoms with Crippen LogP contribution in [0.3, 0.4) is 0 Å². The van der Waals surface area contributed by atoms with Crippen molar-refractivity contribution in [2.75, 3.05) is 6.61 Å². The first-order valence-electron chi connectivity index (χ1n) is 5.40. The molecule has 7 heteroatoms. The van der Waals surface area contributed by atoms with Crippen molar-refractivity contribution in [1.29, 1.82) is 0 Å². The topological polar surface area (TPSA) is 99.1 Å². The highest BCUT2D eigenvalue weighted by molar-refractivity contribution is 6.13. The molecule has 0 heterocycles. The number of ether oxygens (including phenoxy) is 3. The molecule has 0 aromatic heterocycles. The summed E-state index contributed by atoms with van der Waals surface area (Å²) in [7, 11) is 0. The fraction of sp³-hybridized carbons (Fsp3) is 0.545. The molecule has 0 aromatic carbocycles. The molecule has 0 rings (SSSR count). The molecule has 0 saturated carbocycles. The van der Waals surface area contributed by atoms with Gasteiger partial charge in [-0.3, -0.25) is 0 Å². The monoisotopic (exact) mass is 260 g/mol. The van der Waals surface area contributed by atoms with E-state index in [1.807, 2.05) is 0 Å². The van der Waals surface area contributed by atoms with E-state index in [9.17, 15) is 14.4 Å². The summed E-state index contributed by atoms with van der Waals surface area (Å²) in [5, 5.41) is 8.77. The molecule has 0 aromatic rings. The van der Waals surface area contributed by atoms with Gasteiger partial charge in [-0.05, 0) is 20.3 Å². The number of carbonyl (C=O) groups excluding carboxylic acids is 2. The SMILES string of the molecule is CCOC(=O)OC=C(C(=O)O)C(=O)OC(C)CC. The molecule has 102 valence electrons.